The van der Waals surface area contributed by atoms with E-state index in [1.54, 1.807) is 13.4 Å². The molecule has 1 aromatic heterocycles. The first-order valence-electron chi connectivity index (χ1n) is 5.67. The molecule has 0 aliphatic carbocycles. The minimum absolute atomic E-state index is 0.255. The minimum Gasteiger partial charge on any atom is -0.496 e. The van der Waals surface area contributed by atoms with Gasteiger partial charge in [0, 0.05) is 15.6 Å². The Labute approximate surface area is 115 Å². The monoisotopic (exact) mass is 309 g/mol. The smallest absolute Gasteiger partial charge is 0.124 e. The van der Waals surface area contributed by atoms with Gasteiger partial charge in [0.05, 0.1) is 19.4 Å². The zero-order valence-electron chi connectivity index (χ0n) is 10.7. The molecule has 0 spiro atoms. The molecule has 0 radical (unpaired) electrons. The molecular formula is C14H16BrNO2. The van der Waals surface area contributed by atoms with Crippen LogP contribution in [0.25, 0.3) is 0 Å². The van der Waals surface area contributed by atoms with Crippen LogP contribution >= 0.6 is 15.9 Å². The van der Waals surface area contributed by atoms with Gasteiger partial charge in [-0.25, -0.2) is 0 Å². The Morgan fingerprint density at radius 2 is 2.00 bits per heavy atom. The predicted octanol–water partition coefficient (Wildman–Crippen LogP) is 3.72. The maximum absolute atomic E-state index is 6.26. The molecule has 3 nitrogen and oxygen atoms in total. The first-order chi connectivity index (χ1) is 8.52. The second-order valence-electron chi connectivity index (χ2n) is 4.31. The van der Waals surface area contributed by atoms with Crippen LogP contribution in [0.3, 0.4) is 0 Å². The number of nitrogens with two attached hydrogens (primary N) is 1. The number of rotatable bonds is 3. The molecule has 0 aliphatic rings. The third-order valence-corrected chi connectivity index (χ3v) is 3.81. The SMILES string of the molecule is COc1cc(C)c(Br)cc1C(N)c1coc(C)c1. The van der Waals surface area contributed by atoms with Crippen LogP contribution in [0.5, 0.6) is 5.75 Å². The molecule has 0 aliphatic heterocycles. The molecule has 2 aromatic rings. The highest BCUT2D eigenvalue weighted by molar-refractivity contribution is 9.10. The Morgan fingerprint density at radius 1 is 1.28 bits per heavy atom. The predicted molar refractivity (Wildman–Crippen MR) is 74.9 cm³/mol. The fourth-order valence-electron chi connectivity index (χ4n) is 1.90. The van der Waals surface area contributed by atoms with Crippen molar-refractivity contribution < 1.29 is 9.15 Å². The summed E-state index contributed by atoms with van der Waals surface area (Å²) in [6.07, 6.45) is 1.69. The Hall–Kier alpha value is -1.26. The van der Waals surface area contributed by atoms with Crippen LogP contribution in [-0.2, 0) is 0 Å². The molecule has 0 bridgehead atoms. The number of aryl methyl sites for hydroxylation is 2. The lowest BCUT2D eigenvalue weighted by atomic mass is 9.99. The summed E-state index contributed by atoms with van der Waals surface area (Å²) in [5, 5.41) is 0. The lowest BCUT2D eigenvalue weighted by Gasteiger charge is -2.16. The normalized spacial score (nSPS) is 12.5. The van der Waals surface area contributed by atoms with Crippen LogP contribution in [0.1, 0.15) is 28.5 Å². The summed E-state index contributed by atoms with van der Waals surface area (Å²) in [5.74, 6) is 1.65. The van der Waals surface area contributed by atoms with Gasteiger partial charge in [-0.3, -0.25) is 0 Å². The maximum atomic E-state index is 6.26. The van der Waals surface area contributed by atoms with Crippen molar-refractivity contribution >= 4 is 15.9 Å². The zero-order chi connectivity index (χ0) is 13.3. The summed E-state index contributed by atoms with van der Waals surface area (Å²) in [4.78, 5) is 0. The molecule has 1 unspecified atom stereocenters. The van der Waals surface area contributed by atoms with Crippen molar-refractivity contribution in [3.8, 4) is 5.75 Å². The average Bonchev–Trinajstić information content (AvgIpc) is 2.78. The summed E-state index contributed by atoms with van der Waals surface area (Å²) in [6, 6.07) is 5.67. The number of halogens is 1. The van der Waals surface area contributed by atoms with E-state index in [2.05, 4.69) is 15.9 Å². The average molecular weight is 310 g/mol. The van der Waals surface area contributed by atoms with E-state index in [1.807, 2.05) is 32.0 Å². The van der Waals surface area contributed by atoms with Gasteiger partial charge in [-0.1, -0.05) is 15.9 Å². The van der Waals surface area contributed by atoms with Crippen molar-refractivity contribution in [1.29, 1.82) is 0 Å². The maximum Gasteiger partial charge on any atom is 0.124 e. The highest BCUT2D eigenvalue weighted by Gasteiger charge is 2.17. The summed E-state index contributed by atoms with van der Waals surface area (Å²) in [7, 11) is 1.65. The first kappa shape index (κ1) is 13.2. The van der Waals surface area contributed by atoms with Crippen LogP contribution < -0.4 is 10.5 Å². The fraction of sp³-hybridized carbons (Fsp3) is 0.286. The van der Waals surface area contributed by atoms with Crippen molar-refractivity contribution in [3.05, 3.63) is 51.4 Å². The molecule has 1 atom stereocenters. The Balaban J connectivity index is 2.46. The van der Waals surface area contributed by atoms with Crippen LogP contribution in [0.15, 0.2) is 33.4 Å². The lowest BCUT2D eigenvalue weighted by molar-refractivity contribution is 0.407. The summed E-state index contributed by atoms with van der Waals surface area (Å²) in [6.45, 7) is 3.92. The van der Waals surface area contributed by atoms with Gasteiger partial charge in [0.25, 0.3) is 0 Å². The van der Waals surface area contributed by atoms with E-state index in [-0.39, 0.29) is 6.04 Å². The van der Waals surface area contributed by atoms with Gasteiger partial charge in [0.1, 0.15) is 11.5 Å². The summed E-state index contributed by atoms with van der Waals surface area (Å²) < 4.78 is 11.7. The van der Waals surface area contributed by atoms with Crippen molar-refractivity contribution in [3.63, 3.8) is 0 Å². The van der Waals surface area contributed by atoms with Crippen molar-refractivity contribution in [2.24, 2.45) is 5.73 Å². The first-order valence-corrected chi connectivity index (χ1v) is 6.47. The number of hydrogen-bond acceptors (Lipinski definition) is 3. The highest BCUT2D eigenvalue weighted by atomic mass is 79.9. The third kappa shape index (κ3) is 2.44. The Kier molecular flexibility index (Phi) is 3.78. The van der Waals surface area contributed by atoms with Gasteiger partial charge >= 0.3 is 0 Å². The molecule has 1 aromatic carbocycles. The highest BCUT2D eigenvalue weighted by Crippen LogP contribution is 2.33. The summed E-state index contributed by atoms with van der Waals surface area (Å²) in [5.41, 5.74) is 9.27. The van der Waals surface area contributed by atoms with Crippen molar-refractivity contribution in [1.82, 2.24) is 0 Å². The van der Waals surface area contributed by atoms with E-state index in [9.17, 15) is 0 Å². The van der Waals surface area contributed by atoms with Gasteiger partial charge in [-0.15, -0.1) is 0 Å². The molecule has 0 saturated carbocycles. The topological polar surface area (TPSA) is 48.4 Å². The van der Waals surface area contributed by atoms with Crippen molar-refractivity contribution in [2.45, 2.75) is 19.9 Å². The van der Waals surface area contributed by atoms with Crippen LogP contribution in [-0.4, -0.2) is 7.11 Å². The third-order valence-electron chi connectivity index (χ3n) is 2.96. The standard InChI is InChI=1S/C14H16BrNO2/c1-8-4-13(17-3)11(6-12(8)15)14(16)10-5-9(2)18-7-10/h4-7,14H,16H2,1-3H3. The minimum atomic E-state index is -0.255. The number of ether oxygens (including phenoxy) is 1. The Morgan fingerprint density at radius 3 is 2.56 bits per heavy atom. The van der Waals surface area contributed by atoms with E-state index < -0.39 is 0 Å². The molecule has 2 N–H and O–H groups in total. The largest absolute Gasteiger partial charge is 0.496 e. The molecule has 1 heterocycles. The van der Waals surface area contributed by atoms with E-state index in [4.69, 9.17) is 14.9 Å². The van der Waals surface area contributed by atoms with E-state index in [1.165, 1.54) is 0 Å². The second kappa shape index (κ2) is 5.16. The number of benzene rings is 1. The molecule has 0 amide bonds. The van der Waals surface area contributed by atoms with Crippen molar-refractivity contribution in [2.75, 3.05) is 7.11 Å². The number of methoxy groups -OCH3 is 1. The van der Waals surface area contributed by atoms with E-state index in [0.29, 0.717) is 0 Å². The molecule has 96 valence electrons. The molecule has 0 fully saturated rings. The molecule has 0 saturated heterocycles. The van der Waals surface area contributed by atoms with Gasteiger partial charge in [0.15, 0.2) is 0 Å². The molecule has 2 rings (SSSR count). The van der Waals surface area contributed by atoms with Gasteiger partial charge < -0.3 is 14.9 Å². The lowest BCUT2D eigenvalue weighted by Crippen LogP contribution is -2.12. The second-order valence-corrected chi connectivity index (χ2v) is 5.17. The van der Waals surface area contributed by atoms with Crippen LogP contribution in [0.4, 0.5) is 0 Å². The fourth-order valence-corrected chi connectivity index (χ4v) is 2.26. The van der Waals surface area contributed by atoms with Gasteiger partial charge in [-0.2, -0.15) is 0 Å². The van der Waals surface area contributed by atoms with Crippen LogP contribution in [0.2, 0.25) is 0 Å². The van der Waals surface area contributed by atoms with Crippen LogP contribution in [0, 0.1) is 13.8 Å². The Bertz CT molecular complexity index is 563. The molecule has 4 heteroatoms. The summed E-state index contributed by atoms with van der Waals surface area (Å²) >= 11 is 3.52. The van der Waals surface area contributed by atoms with E-state index >= 15 is 0 Å². The number of furan rings is 1. The number of hydrogen-bond donors (Lipinski definition) is 1. The van der Waals surface area contributed by atoms with Gasteiger partial charge in [-0.05, 0) is 37.6 Å². The van der Waals surface area contributed by atoms with E-state index in [0.717, 1.165) is 32.7 Å². The molecule has 18 heavy (non-hydrogen) atoms. The molecular weight excluding hydrogens is 294 g/mol. The van der Waals surface area contributed by atoms with Gasteiger partial charge in [0.2, 0.25) is 0 Å². The zero-order valence-corrected chi connectivity index (χ0v) is 12.2. The quantitative estimate of drug-likeness (QED) is 0.940.